The second-order valence-corrected chi connectivity index (χ2v) is 7.54. The van der Waals surface area contributed by atoms with Gasteiger partial charge in [-0.3, -0.25) is 4.79 Å². The molecule has 2 N–H and O–H groups in total. The van der Waals surface area contributed by atoms with Crippen molar-refractivity contribution in [1.82, 2.24) is 14.9 Å². The van der Waals surface area contributed by atoms with E-state index in [1.54, 1.807) is 6.20 Å². The molecule has 0 fully saturated rings. The van der Waals surface area contributed by atoms with Gasteiger partial charge < -0.3 is 19.6 Å². The Hall–Kier alpha value is -2.53. The predicted octanol–water partition coefficient (Wildman–Crippen LogP) is 3.49. The molecule has 0 spiro atoms. The van der Waals surface area contributed by atoms with E-state index in [4.69, 9.17) is 4.74 Å². The minimum absolute atomic E-state index is 0.0685. The van der Waals surface area contributed by atoms with E-state index in [9.17, 15) is 4.79 Å². The highest BCUT2D eigenvalue weighted by molar-refractivity contribution is 5.86. The minimum Gasteiger partial charge on any atom is -0.493 e. The molecule has 25 heavy (non-hydrogen) atoms. The van der Waals surface area contributed by atoms with Crippen LogP contribution in [-0.2, 0) is 0 Å². The van der Waals surface area contributed by atoms with Crippen molar-refractivity contribution in [2.45, 2.75) is 13.8 Å². The van der Waals surface area contributed by atoms with Gasteiger partial charge in [0.2, 0.25) is 0 Å². The van der Waals surface area contributed by atoms with E-state index < -0.39 is 0 Å². The largest absolute Gasteiger partial charge is 0.493 e. The highest BCUT2D eigenvalue weighted by atomic mass is 16.5. The second kappa shape index (κ2) is 6.76. The number of hydrogen-bond donors (Lipinski definition) is 2. The number of ether oxygens (including phenoxy) is 1. The lowest BCUT2D eigenvalue weighted by atomic mass is 9.94. The van der Waals surface area contributed by atoms with Gasteiger partial charge in [-0.2, -0.15) is 0 Å². The number of H-pyrrole nitrogens is 2. The number of rotatable bonds is 6. The summed E-state index contributed by atoms with van der Waals surface area (Å²) in [6.45, 7) is 6.00. The van der Waals surface area contributed by atoms with E-state index in [0.717, 1.165) is 28.9 Å². The Kier molecular flexibility index (Phi) is 4.68. The van der Waals surface area contributed by atoms with Crippen LogP contribution in [-0.4, -0.2) is 42.1 Å². The average molecular weight is 339 g/mol. The summed E-state index contributed by atoms with van der Waals surface area (Å²) in [5.41, 5.74) is 2.39. The molecule has 0 radical (unpaired) electrons. The fraction of sp³-hybridized carbons (Fsp3) is 0.350. The predicted molar refractivity (Wildman–Crippen MR) is 102 cm³/mol. The van der Waals surface area contributed by atoms with Crippen LogP contribution in [0.2, 0.25) is 0 Å². The molecule has 0 saturated carbocycles. The van der Waals surface area contributed by atoms with Crippen LogP contribution in [0.5, 0.6) is 5.75 Å². The first kappa shape index (κ1) is 17.3. The number of pyridine rings is 1. The van der Waals surface area contributed by atoms with Gasteiger partial charge in [0.05, 0.1) is 17.9 Å². The zero-order chi connectivity index (χ0) is 18.0. The van der Waals surface area contributed by atoms with Crippen LogP contribution in [0.15, 0.2) is 47.4 Å². The van der Waals surface area contributed by atoms with Gasteiger partial charge in [-0.05, 0) is 50.5 Å². The van der Waals surface area contributed by atoms with E-state index in [-0.39, 0.29) is 11.0 Å². The van der Waals surface area contributed by atoms with Gasteiger partial charge in [0.1, 0.15) is 5.75 Å². The SMILES string of the molecule is CN(C)CC(C)(C)COc1ccc2[nH]c(-c3ccc[nH]c3=O)cc2c1. The molecular formula is C20H25N3O2. The van der Waals surface area contributed by atoms with Crippen LogP contribution in [0.25, 0.3) is 22.2 Å². The number of hydrogen-bond acceptors (Lipinski definition) is 3. The van der Waals surface area contributed by atoms with Crippen molar-refractivity contribution in [2.75, 3.05) is 27.2 Å². The summed E-state index contributed by atoms with van der Waals surface area (Å²) in [5.74, 6) is 0.840. The van der Waals surface area contributed by atoms with Gasteiger partial charge in [-0.1, -0.05) is 13.8 Å². The highest BCUT2D eigenvalue weighted by Gasteiger charge is 2.20. The first-order chi connectivity index (χ1) is 11.8. The van der Waals surface area contributed by atoms with E-state index in [1.165, 1.54) is 0 Å². The molecule has 132 valence electrons. The number of aromatic amines is 2. The standard InChI is InChI=1S/C20H25N3O2/c1-20(2,12-23(3)4)13-25-15-7-8-17-14(10-15)11-18(22-17)16-6-5-9-21-19(16)24/h5-11,22H,12-13H2,1-4H3,(H,21,24). The fourth-order valence-corrected chi connectivity index (χ4v) is 3.16. The molecule has 5 nitrogen and oxygen atoms in total. The minimum atomic E-state index is -0.101. The lowest BCUT2D eigenvalue weighted by molar-refractivity contribution is 0.141. The summed E-state index contributed by atoms with van der Waals surface area (Å²) in [6, 6.07) is 11.6. The average Bonchev–Trinajstić information content (AvgIpc) is 2.95. The van der Waals surface area contributed by atoms with Crippen LogP contribution < -0.4 is 10.3 Å². The summed E-state index contributed by atoms with van der Waals surface area (Å²) in [6.07, 6.45) is 1.63. The summed E-state index contributed by atoms with van der Waals surface area (Å²) in [7, 11) is 4.14. The fourth-order valence-electron chi connectivity index (χ4n) is 3.16. The summed E-state index contributed by atoms with van der Waals surface area (Å²) in [4.78, 5) is 20.1. The Labute approximate surface area is 147 Å². The van der Waals surface area contributed by atoms with Crippen molar-refractivity contribution in [2.24, 2.45) is 5.41 Å². The third kappa shape index (κ3) is 4.12. The maximum absolute atomic E-state index is 12.0. The summed E-state index contributed by atoms with van der Waals surface area (Å²) < 4.78 is 6.01. The van der Waals surface area contributed by atoms with E-state index in [1.807, 2.05) is 36.4 Å². The van der Waals surface area contributed by atoms with E-state index in [0.29, 0.717) is 12.2 Å². The van der Waals surface area contributed by atoms with Crippen molar-refractivity contribution in [1.29, 1.82) is 0 Å². The molecule has 0 aliphatic carbocycles. The van der Waals surface area contributed by atoms with Crippen molar-refractivity contribution in [3.05, 3.63) is 52.9 Å². The highest BCUT2D eigenvalue weighted by Crippen LogP contribution is 2.27. The molecule has 1 aromatic carbocycles. The van der Waals surface area contributed by atoms with Crippen LogP contribution in [0, 0.1) is 5.41 Å². The lowest BCUT2D eigenvalue weighted by Gasteiger charge is -2.28. The first-order valence-electron chi connectivity index (χ1n) is 8.42. The Bertz CT molecular complexity index is 922. The van der Waals surface area contributed by atoms with E-state index in [2.05, 4.69) is 42.8 Å². The molecule has 0 aliphatic rings. The number of benzene rings is 1. The molecule has 0 bridgehead atoms. The topological polar surface area (TPSA) is 61.1 Å². The Morgan fingerprint density at radius 2 is 1.96 bits per heavy atom. The molecule has 0 unspecified atom stereocenters. The smallest absolute Gasteiger partial charge is 0.257 e. The Morgan fingerprint density at radius 3 is 2.68 bits per heavy atom. The Morgan fingerprint density at radius 1 is 1.16 bits per heavy atom. The molecule has 0 atom stereocenters. The van der Waals surface area contributed by atoms with Crippen molar-refractivity contribution in [3.63, 3.8) is 0 Å². The molecule has 0 aliphatic heterocycles. The van der Waals surface area contributed by atoms with Gasteiger partial charge in [0, 0.05) is 29.1 Å². The monoisotopic (exact) mass is 339 g/mol. The van der Waals surface area contributed by atoms with E-state index >= 15 is 0 Å². The van der Waals surface area contributed by atoms with Gasteiger partial charge >= 0.3 is 0 Å². The number of nitrogens with one attached hydrogen (secondary N) is 2. The second-order valence-electron chi connectivity index (χ2n) is 7.54. The van der Waals surface area contributed by atoms with Gasteiger partial charge in [0.25, 0.3) is 5.56 Å². The van der Waals surface area contributed by atoms with Gasteiger partial charge in [-0.25, -0.2) is 0 Å². The van der Waals surface area contributed by atoms with Gasteiger partial charge in [0.15, 0.2) is 0 Å². The van der Waals surface area contributed by atoms with Crippen LogP contribution >= 0.6 is 0 Å². The van der Waals surface area contributed by atoms with Crippen molar-refractivity contribution >= 4 is 10.9 Å². The maximum atomic E-state index is 12.0. The third-order valence-corrected chi connectivity index (χ3v) is 4.07. The first-order valence-corrected chi connectivity index (χ1v) is 8.42. The molecular weight excluding hydrogens is 314 g/mol. The quantitative estimate of drug-likeness (QED) is 0.723. The molecule has 5 heteroatoms. The summed E-state index contributed by atoms with van der Waals surface area (Å²) >= 11 is 0. The number of nitrogens with zero attached hydrogens (tertiary/aromatic N) is 1. The zero-order valence-corrected chi connectivity index (χ0v) is 15.2. The normalized spacial score (nSPS) is 12.0. The number of fused-ring (bicyclic) bond motifs is 1. The molecule has 2 aromatic heterocycles. The van der Waals surface area contributed by atoms with Gasteiger partial charge in [-0.15, -0.1) is 0 Å². The maximum Gasteiger partial charge on any atom is 0.257 e. The van der Waals surface area contributed by atoms with Crippen LogP contribution in [0.4, 0.5) is 0 Å². The third-order valence-electron chi connectivity index (χ3n) is 4.07. The zero-order valence-electron chi connectivity index (χ0n) is 15.2. The summed E-state index contributed by atoms with van der Waals surface area (Å²) in [5, 5.41) is 1.03. The van der Waals surface area contributed by atoms with Crippen LogP contribution in [0.3, 0.4) is 0 Å². The molecule has 3 rings (SSSR count). The molecule has 2 heterocycles. The molecule has 0 saturated heterocycles. The molecule has 3 aromatic rings. The molecule has 0 amide bonds. The Balaban J connectivity index is 1.81. The van der Waals surface area contributed by atoms with Crippen molar-refractivity contribution in [3.8, 4) is 17.0 Å². The van der Waals surface area contributed by atoms with Crippen molar-refractivity contribution < 1.29 is 4.74 Å². The lowest BCUT2D eigenvalue weighted by Crippen LogP contribution is -2.33. The number of aromatic nitrogens is 2. The van der Waals surface area contributed by atoms with Crippen LogP contribution in [0.1, 0.15) is 13.8 Å².